The minimum Gasteiger partial charge on any atom is -0.474 e. The summed E-state index contributed by atoms with van der Waals surface area (Å²) >= 11 is 0. The molecular formula is C18H21N3O5S. The first kappa shape index (κ1) is 19.1. The monoisotopic (exact) mass is 391 g/mol. The number of nitro benzene ring substituents is 1. The van der Waals surface area contributed by atoms with Crippen molar-refractivity contribution < 1.29 is 18.1 Å². The molecule has 0 amide bonds. The Morgan fingerprint density at radius 3 is 2.70 bits per heavy atom. The second kappa shape index (κ2) is 7.91. The van der Waals surface area contributed by atoms with Crippen molar-refractivity contribution in [1.29, 1.82) is 0 Å². The molecule has 1 saturated carbocycles. The van der Waals surface area contributed by atoms with Gasteiger partial charge in [-0.1, -0.05) is 6.07 Å². The summed E-state index contributed by atoms with van der Waals surface area (Å²) < 4.78 is 29.5. The zero-order valence-corrected chi connectivity index (χ0v) is 15.7. The second-order valence-electron chi connectivity index (χ2n) is 6.56. The molecule has 1 aliphatic carbocycles. The van der Waals surface area contributed by atoms with Gasteiger partial charge in [0.15, 0.2) is 9.84 Å². The van der Waals surface area contributed by atoms with E-state index >= 15 is 0 Å². The molecule has 0 spiro atoms. The maximum Gasteiger partial charge on any atom is 0.310 e. The van der Waals surface area contributed by atoms with E-state index in [1.54, 1.807) is 18.3 Å². The maximum absolute atomic E-state index is 11.8. The van der Waals surface area contributed by atoms with Gasteiger partial charge in [0.05, 0.1) is 4.92 Å². The van der Waals surface area contributed by atoms with Crippen LogP contribution in [0.5, 0.6) is 5.88 Å². The largest absolute Gasteiger partial charge is 0.474 e. The number of benzene rings is 1. The number of nitrogens with one attached hydrogen (secondary N) is 1. The van der Waals surface area contributed by atoms with Gasteiger partial charge in [-0.05, 0) is 49.4 Å². The first-order valence-corrected chi connectivity index (χ1v) is 10.6. The van der Waals surface area contributed by atoms with Crippen molar-refractivity contribution in [1.82, 2.24) is 4.98 Å². The quantitative estimate of drug-likeness (QED) is 0.569. The third-order valence-corrected chi connectivity index (χ3v) is 5.58. The number of anilines is 1. The van der Waals surface area contributed by atoms with E-state index in [0.29, 0.717) is 5.88 Å². The van der Waals surface area contributed by atoms with E-state index in [9.17, 15) is 18.5 Å². The van der Waals surface area contributed by atoms with Crippen molar-refractivity contribution in [2.45, 2.75) is 43.2 Å². The normalized spacial score (nSPS) is 14.9. The van der Waals surface area contributed by atoms with Gasteiger partial charge in [-0.3, -0.25) is 10.1 Å². The predicted octanol–water partition coefficient (Wildman–Crippen LogP) is 3.33. The van der Waals surface area contributed by atoms with Crippen LogP contribution in [0, 0.1) is 10.1 Å². The van der Waals surface area contributed by atoms with Crippen LogP contribution in [0.15, 0.2) is 41.4 Å². The van der Waals surface area contributed by atoms with Crippen LogP contribution < -0.4 is 10.1 Å². The van der Waals surface area contributed by atoms with E-state index in [1.165, 1.54) is 18.2 Å². The number of sulfone groups is 1. The zero-order chi connectivity index (χ0) is 19.4. The number of hydrogen-bond acceptors (Lipinski definition) is 7. The average molecular weight is 391 g/mol. The van der Waals surface area contributed by atoms with E-state index in [1.807, 2.05) is 0 Å². The maximum atomic E-state index is 11.8. The van der Waals surface area contributed by atoms with Crippen LogP contribution in [0.3, 0.4) is 0 Å². The summed E-state index contributed by atoms with van der Waals surface area (Å²) in [6.07, 6.45) is 7.13. The van der Waals surface area contributed by atoms with Crippen molar-refractivity contribution >= 4 is 21.2 Å². The van der Waals surface area contributed by atoms with Crippen molar-refractivity contribution in [3.05, 3.63) is 52.2 Å². The summed E-state index contributed by atoms with van der Waals surface area (Å²) in [4.78, 5) is 14.6. The van der Waals surface area contributed by atoms with Gasteiger partial charge in [0, 0.05) is 25.1 Å². The molecule has 27 heavy (non-hydrogen) atoms. The van der Waals surface area contributed by atoms with E-state index in [2.05, 4.69) is 10.3 Å². The Morgan fingerprint density at radius 1 is 1.30 bits per heavy atom. The lowest BCUT2D eigenvalue weighted by atomic mass is 10.2. The van der Waals surface area contributed by atoms with Crippen LogP contribution in [0.1, 0.15) is 31.2 Å². The highest BCUT2D eigenvalue weighted by Gasteiger charge is 2.26. The summed E-state index contributed by atoms with van der Waals surface area (Å²) in [5.74, 6) is 0.528. The zero-order valence-electron chi connectivity index (χ0n) is 14.9. The molecule has 1 N–H and O–H groups in total. The predicted molar refractivity (Wildman–Crippen MR) is 101 cm³/mol. The fourth-order valence-electron chi connectivity index (χ4n) is 3.15. The molecule has 0 saturated heterocycles. The first-order chi connectivity index (χ1) is 12.8. The molecule has 1 heterocycles. The number of pyridine rings is 1. The Balaban J connectivity index is 1.78. The van der Waals surface area contributed by atoms with Gasteiger partial charge in [-0.15, -0.1) is 0 Å². The SMILES string of the molecule is CS(=O)(=O)c1cccc(NCc2ccnc(OC3CCCC3)c2)c1[N+](=O)[O-]. The van der Waals surface area contributed by atoms with Gasteiger partial charge >= 0.3 is 5.69 Å². The number of aromatic nitrogens is 1. The van der Waals surface area contributed by atoms with Gasteiger partial charge < -0.3 is 10.1 Å². The van der Waals surface area contributed by atoms with Crippen LogP contribution in [0.2, 0.25) is 0 Å². The Kier molecular flexibility index (Phi) is 5.59. The molecule has 3 rings (SSSR count). The fraction of sp³-hybridized carbons (Fsp3) is 0.389. The topological polar surface area (TPSA) is 111 Å². The molecule has 0 bridgehead atoms. The fourth-order valence-corrected chi connectivity index (χ4v) is 4.01. The van der Waals surface area contributed by atoms with E-state index in [-0.39, 0.29) is 23.2 Å². The molecule has 9 heteroatoms. The van der Waals surface area contributed by atoms with Crippen LogP contribution in [-0.2, 0) is 16.4 Å². The number of nitro groups is 1. The highest BCUT2D eigenvalue weighted by atomic mass is 32.2. The molecule has 0 unspecified atom stereocenters. The third-order valence-electron chi connectivity index (χ3n) is 4.45. The molecule has 144 valence electrons. The van der Waals surface area contributed by atoms with Crippen LogP contribution >= 0.6 is 0 Å². The lowest BCUT2D eigenvalue weighted by Gasteiger charge is -2.13. The minimum absolute atomic E-state index is 0.151. The second-order valence-corrected chi connectivity index (χ2v) is 8.55. The molecule has 0 radical (unpaired) electrons. The number of rotatable bonds is 7. The molecule has 0 aliphatic heterocycles. The Labute approximate surface area is 157 Å². The summed E-state index contributed by atoms with van der Waals surface area (Å²) in [6, 6.07) is 7.77. The van der Waals surface area contributed by atoms with E-state index in [4.69, 9.17) is 4.74 Å². The van der Waals surface area contributed by atoms with E-state index < -0.39 is 20.4 Å². The highest BCUT2D eigenvalue weighted by Crippen LogP contribution is 2.32. The Morgan fingerprint density at radius 2 is 2.04 bits per heavy atom. The standard InChI is InChI=1S/C18H21N3O5S/c1-27(24,25)16-8-4-7-15(18(16)21(22)23)20-12-13-9-10-19-17(11-13)26-14-5-2-3-6-14/h4,7-11,14,20H,2-3,5-6,12H2,1H3. The van der Waals surface area contributed by atoms with Crippen LogP contribution in [0.25, 0.3) is 0 Å². The van der Waals surface area contributed by atoms with Crippen molar-refractivity contribution in [3.8, 4) is 5.88 Å². The Bertz CT molecular complexity index is 940. The van der Waals surface area contributed by atoms with Crippen molar-refractivity contribution in [3.63, 3.8) is 0 Å². The average Bonchev–Trinajstić information content (AvgIpc) is 3.12. The lowest BCUT2D eigenvalue weighted by molar-refractivity contribution is -0.386. The van der Waals surface area contributed by atoms with E-state index in [0.717, 1.165) is 37.5 Å². The molecule has 1 aliphatic rings. The molecule has 2 aromatic rings. The molecular weight excluding hydrogens is 370 g/mol. The summed E-state index contributed by atoms with van der Waals surface area (Å²) in [7, 11) is -3.72. The number of nitrogens with zero attached hydrogens (tertiary/aromatic N) is 2. The van der Waals surface area contributed by atoms with Crippen LogP contribution in [-0.4, -0.2) is 30.7 Å². The molecule has 0 atom stereocenters. The highest BCUT2D eigenvalue weighted by molar-refractivity contribution is 7.90. The minimum atomic E-state index is -3.72. The number of para-hydroxylation sites is 1. The number of hydrogen-bond donors (Lipinski definition) is 1. The third kappa shape index (κ3) is 4.73. The van der Waals surface area contributed by atoms with Crippen molar-refractivity contribution in [2.75, 3.05) is 11.6 Å². The first-order valence-electron chi connectivity index (χ1n) is 8.67. The number of ether oxygens (including phenoxy) is 1. The van der Waals surface area contributed by atoms with Crippen molar-refractivity contribution in [2.24, 2.45) is 0 Å². The van der Waals surface area contributed by atoms with Gasteiger partial charge in [0.2, 0.25) is 5.88 Å². The van der Waals surface area contributed by atoms with Gasteiger partial charge in [-0.2, -0.15) is 0 Å². The summed E-state index contributed by atoms with van der Waals surface area (Å²) in [6.45, 7) is 0.275. The lowest BCUT2D eigenvalue weighted by Crippen LogP contribution is -2.12. The summed E-state index contributed by atoms with van der Waals surface area (Å²) in [5, 5.41) is 14.4. The molecule has 1 fully saturated rings. The van der Waals surface area contributed by atoms with Gasteiger partial charge in [0.25, 0.3) is 0 Å². The molecule has 8 nitrogen and oxygen atoms in total. The molecule has 1 aromatic carbocycles. The van der Waals surface area contributed by atoms with Gasteiger partial charge in [-0.25, -0.2) is 13.4 Å². The Hall–Kier alpha value is -2.68. The smallest absolute Gasteiger partial charge is 0.310 e. The summed E-state index contributed by atoms with van der Waals surface area (Å²) in [5.41, 5.74) is 0.534. The van der Waals surface area contributed by atoms with Gasteiger partial charge in [0.1, 0.15) is 16.7 Å². The molecule has 1 aromatic heterocycles. The van der Waals surface area contributed by atoms with Crippen LogP contribution in [0.4, 0.5) is 11.4 Å².